The van der Waals surface area contributed by atoms with Gasteiger partial charge >= 0.3 is 0 Å². The van der Waals surface area contributed by atoms with Crippen LogP contribution >= 0.6 is 0 Å². The molecule has 8 heteroatoms. The molecule has 0 spiro atoms. The summed E-state index contributed by atoms with van der Waals surface area (Å²) >= 11 is 0. The number of H-pyrrole nitrogens is 1. The minimum absolute atomic E-state index is 0.363. The number of nitrogens with one attached hydrogen (secondary N) is 3. The Kier molecular flexibility index (Phi) is 6.05. The Morgan fingerprint density at radius 2 is 1.50 bits per heavy atom. The highest BCUT2D eigenvalue weighted by molar-refractivity contribution is 6.50. The Labute approximate surface area is 210 Å². The van der Waals surface area contributed by atoms with E-state index in [9.17, 15) is 9.59 Å². The van der Waals surface area contributed by atoms with E-state index in [1.807, 2.05) is 75.6 Å². The van der Waals surface area contributed by atoms with Gasteiger partial charge in [0.05, 0.1) is 11.1 Å². The molecule has 186 valence electrons. The van der Waals surface area contributed by atoms with Gasteiger partial charge in [-0.05, 0) is 56.4 Å². The fourth-order valence-corrected chi connectivity index (χ4v) is 4.94. The van der Waals surface area contributed by atoms with Crippen LogP contribution in [0.5, 0.6) is 0 Å². The van der Waals surface area contributed by atoms with Gasteiger partial charge in [0.15, 0.2) is 0 Å². The molecule has 4 aromatic rings. The molecule has 0 radical (unpaired) electrons. The topological polar surface area (TPSA) is 85.4 Å². The second-order valence-electron chi connectivity index (χ2n) is 9.65. The zero-order chi connectivity index (χ0) is 25.6. The van der Waals surface area contributed by atoms with Crippen LogP contribution in [0.4, 0.5) is 11.4 Å². The van der Waals surface area contributed by atoms with Crippen LogP contribution in [0.25, 0.3) is 33.0 Å². The molecule has 36 heavy (non-hydrogen) atoms. The van der Waals surface area contributed by atoms with Gasteiger partial charge in [0, 0.05) is 91.4 Å². The van der Waals surface area contributed by atoms with Crippen molar-refractivity contribution in [3.05, 3.63) is 59.9 Å². The molecule has 1 aliphatic heterocycles. The van der Waals surface area contributed by atoms with Crippen LogP contribution in [0.1, 0.15) is 17.5 Å². The summed E-state index contributed by atoms with van der Waals surface area (Å²) < 4.78 is 2.18. The summed E-state index contributed by atoms with van der Waals surface area (Å²) in [5, 5.41) is 7.62. The average molecular weight is 485 g/mol. The standard InChI is InChI=1S/C28H32N6O2/c1-29-11-6-12-34-16-22(20-14-18(33(4)5)8-10-24(20)34)26-25(27(35)31-28(26)36)21-15-30-23-9-7-17(32(2)3)13-19(21)23/h7-10,13-16,29-30H,6,11-12H2,1-5H3,(H,31,35,36). The quantitative estimate of drug-likeness (QED) is 0.264. The first-order valence-corrected chi connectivity index (χ1v) is 12.1. The fourth-order valence-electron chi connectivity index (χ4n) is 4.94. The lowest BCUT2D eigenvalue weighted by Crippen LogP contribution is -2.22. The highest BCUT2D eigenvalue weighted by Gasteiger charge is 2.35. The SMILES string of the molecule is CNCCCn1cc(C2=C(c3c[nH]c4ccc(N(C)C)cc34)C(=O)NC2=O)c2cc(N(C)C)ccc21. The van der Waals surface area contributed by atoms with Gasteiger partial charge in [-0.2, -0.15) is 0 Å². The molecule has 0 aliphatic carbocycles. The number of carbonyl (C=O) groups is 2. The molecule has 5 rings (SSSR count). The van der Waals surface area contributed by atoms with Crippen molar-refractivity contribution in [3.8, 4) is 0 Å². The number of hydrogen-bond donors (Lipinski definition) is 3. The van der Waals surface area contributed by atoms with Crippen LogP contribution < -0.4 is 20.4 Å². The monoisotopic (exact) mass is 484 g/mol. The summed E-state index contributed by atoms with van der Waals surface area (Å²) in [7, 11) is 9.90. The number of hydrogen-bond acceptors (Lipinski definition) is 5. The number of aromatic amines is 1. The molecule has 1 aliphatic rings. The van der Waals surface area contributed by atoms with Crippen molar-refractivity contribution in [2.45, 2.75) is 13.0 Å². The Bertz CT molecular complexity index is 1520. The van der Waals surface area contributed by atoms with Crippen LogP contribution in [0.3, 0.4) is 0 Å². The Balaban J connectivity index is 1.76. The molecule has 2 amide bonds. The van der Waals surface area contributed by atoms with Crippen molar-refractivity contribution in [1.82, 2.24) is 20.2 Å². The van der Waals surface area contributed by atoms with Gasteiger partial charge in [0.2, 0.25) is 0 Å². The Morgan fingerprint density at radius 3 is 2.17 bits per heavy atom. The number of anilines is 2. The molecule has 0 fully saturated rings. The highest BCUT2D eigenvalue weighted by Crippen LogP contribution is 2.39. The molecule has 8 nitrogen and oxygen atoms in total. The van der Waals surface area contributed by atoms with Gasteiger partial charge in [0.1, 0.15) is 0 Å². The largest absolute Gasteiger partial charge is 0.378 e. The van der Waals surface area contributed by atoms with E-state index in [-0.39, 0.29) is 11.8 Å². The van der Waals surface area contributed by atoms with E-state index in [1.165, 1.54) is 0 Å². The summed E-state index contributed by atoms with van der Waals surface area (Å²) in [5.74, 6) is -0.733. The minimum atomic E-state index is -0.369. The van der Waals surface area contributed by atoms with E-state index < -0.39 is 0 Å². The van der Waals surface area contributed by atoms with Crippen LogP contribution in [-0.2, 0) is 16.1 Å². The molecular formula is C28H32N6O2. The van der Waals surface area contributed by atoms with E-state index in [0.717, 1.165) is 63.8 Å². The average Bonchev–Trinajstić information content (AvgIpc) is 3.51. The third-order valence-corrected chi connectivity index (χ3v) is 6.86. The van der Waals surface area contributed by atoms with Crippen molar-refractivity contribution in [1.29, 1.82) is 0 Å². The number of imide groups is 1. The molecule has 3 N–H and O–H groups in total. The predicted molar refractivity (Wildman–Crippen MR) is 147 cm³/mol. The third kappa shape index (κ3) is 3.93. The zero-order valence-corrected chi connectivity index (χ0v) is 21.4. The molecule has 0 saturated carbocycles. The first kappa shape index (κ1) is 23.7. The van der Waals surface area contributed by atoms with Crippen molar-refractivity contribution < 1.29 is 9.59 Å². The number of benzene rings is 2. The van der Waals surface area contributed by atoms with E-state index in [1.54, 1.807) is 0 Å². The van der Waals surface area contributed by atoms with Gasteiger partial charge in [-0.1, -0.05) is 0 Å². The van der Waals surface area contributed by atoms with Crippen LogP contribution in [0, 0.1) is 0 Å². The van der Waals surface area contributed by atoms with Crippen molar-refractivity contribution in [3.63, 3.8) is 0 Å². The third-order valence-electron chi connectivity index (χ3n) is 6.86. The second-order valence-corrected chi connectivity index (χ2v) is 9.65. The zero-order valence-electron chi connectivity index (χ0n) is 21.4. The van der Waals surface area contributed by atoms with Crippen LogP contribution in [0.2, 0.25) is 0 Å². The minimum Gasteiger partial charge on any atom is -0.378 e. The van der Waals surface area contributed by atoms with Crippen molar-refractivity contribution >= 4 is 56.1 Å². The molecule has 0 saturated heterocycles. The lowest BCUT2D eigenvalue weighted by Gasteiger charge is -2.13. The summed E-state index contributed by atoms with van der Waals surface area (Å²) in [6.07, 6.45) is 4.80. The smallest absolute Gasteiger partial charge is 0.259 e. The molecule has 0 bridgehead atoms. The molecular weight excluding hydrogens is 452 g/mol. The lowest BCUT2D eigenvalue weighted by molar-refractivity contribution is -0.122. The van der Waals surface area contributed by atoms with Crippen LogP contribution in [0.15, 0.2) is 48.8 Å². The maximum atomic E-state index is 13.3. The molecule has 2 aromatic carbocycles. The number of amides is 2. The summed E-state index contributed by atoms with van der Waals surface area (Å²) in [5.41, 5.74) is 6.34. The van der Waals surface area contributed by atoms with E-state index in [2.05, 4.69) is 38.4 Å². The first-order chi connectivity index (χ1) is 17.3. The van der Waals surface area contributed by atoms with Gasteiger partial charge in [-0.3, -0.25) is 14.9 Å². The normalized spacial score (nSPS) is 13.8. The number of fused-ring (bicyclic) bond motifs is 2. The molecule has 3 heterocycles. The molecule has 2 aromatic heterocycles. The second kappa shape index (κ2) is 9.20. The van der Waals surface area contributed by atoms with Crippen molar-refractivity contribution in [2.24, 2.45) is 0 Å². The summed E-state index contributed by atoms with van der Waals surface area (Å²) in [6, 6.07) is 12.3. The maximum Gasteiger partial charge on any atom is 0.259 e. The van der Waals surface area contributed by atoms with Crippen molar-refractivity contribution in [2.75, 3.05) is 51.6 Å². The highest BCUT2D eigenvalue weighted by atomic mass is 16.2. The van der Waals surface area contributed by atoms with E-state index >= 15 is 0 Å². The summed E-state index contributed by atoms with van der Waals surface area (Å²) in [6.45, 7) is 1.69. The number of rotatable bonds is 8. The molecule has 0 unspecified atom stereocenters. The number of aromatic nitrogens is 2. The van der Waals surface area contributed by atoms with E-state index in [0.29, 0.717) is 11.1 Å². The fraction of sp³-hybridized carbons (Fsp3) is 0.286. The summed E-state index contributed by atoms with van der Waals surface area (Å²) in [4.78, 5) is 33.9. The number of aryl methyl sites for hydroxylation is 1. The Morgan fingerprint density at radius 1 is 0.861 bits per heavy atom. The van der Waals surface area contributed by atoms with Gasteiger partial charge in [-0.25, -0.2) is 0 Å². The Hall–Kier alpha value is -4.04. The van der Waals surface area contributed by atoms with E-state index in [4.69, 9.17) is 0 Å². The molecule has 0 atom stereocenters. The van der Waals surface area contributed by atoms with Gasteiger partial charge < -0.3 is 24.7 Å². The number of carbonyl (C=O) groups excluding carboxylic acids is 2. The van der Waals surface area contributed by atoms with Gasteiger partial charge in [-0.15, -0.1) is 0 Å². The first-order valence-electron chi connectivity index (χ1n) is 12.1. The predicted octanol–water partition coefficient (Wildman–Crippen LogP) is 3.43. The van der Waals surface area contributed by atoms with Gasteiger partial charge in [0.25, 0.3) is 11.8 Å². The number of nitrogens with zero attached hydrogens (tertiary/aromatic N) is 3. The maximum absolute atomic E-state index is 13.3. The van der Waals surface area contributed by atoms with Crippen LogP contribution in [-0.4, -0.2) is 63.1 Å². The lowest BCUT2D eigenvalue weighted by atomic mass is 9.95.